The van der Waals surface area contributed by atoms with E-state index < -0.39 is 0 Å². The third-order valence-corrected chi connectivity index (χ3v) is 4.02. The molecule has 2 fully saturated rings. The largest absolute Gasteiger partial charge is 0.313 e. The Bertz CT molecular complexity index is 168. The van der Waals surface area contributed by atoms with Crippen LogP contribution in [-0.4, -0.2) is 12.6 Å². The fourth-order valence-electron chi connectivity index (χ4n) is 2.56. The van der Waals surface area contributed by atoms with Gasteiger partial charge in [-0.15, -0.1) is 0 Å². The highest BCUT2D eigenvalue weighted by molar-refractivity contribution is 5.03. The lowest BCUT2D eigenvalue weighted by Gasteiger charge is -2.38. The van der Waals surface area contributed by atoms with Crippen LogP contribution >= 0.6 is 0 Å². The van der Waals surface area contributed by atoms with Gasteiger partial charge in [-0.3, -0.25) is 0 Å². The summed E-state index contributed by atoms with van der Waals surface area (Å²) in [5.74, 6) is 1.01. The van der Waals surface area contributed by atoms with Crippen LogP contribution in [0.1, 0.15) is 52.4 Å². The SMILES string of the molecule is CCCNC(C1CCC1)C1(C)CC1. The topological polar surface area (TPSA) is 12.0 Å². The molecule has 1 nitrogen and oxygen atoms in total. The van der Waals surface area contributed by atoms with E-state index in [1.807, 2.05) is 0 Å². The van der Waals surface area contributed by atoms with E-state index in [4.69, 9.17) is 0 Å². The lowest BCUT2D eigenvalue weighted by Crippen LogP contribution is -2.45. The normalized spacial score (nSPS) is 28.2. The number of hydrogen-bond acceptors (Lipinski definition) is 1. The Kier molecular flexibility index (Phi) is 2.64. The molecule has 0 aromatic heterocycles. The monoisotopic (exact) mass is 181 g/mol. The number of hydrogen-bond donors (Lipinski definition) is 1. The highest BCUT2D eigenvalue weighted by atomic mass is 15.0. The minimum Gasteiger partial charge on any atom is -0.313 e. The molecule has 2 rings (SSSR count). The van der Waals surface area contributed by atoms with Crippen LogP contribution in [0.15, 0.2) is 0 Å². The van der Waals surface area contributed by atoms with Crippen molar-refractivity contribution in [2.24, 2.45) is 11.3 Å². The Balaban J connectivity index is 1.86. The van der Waals surface area contributed by atoms with E-state index in [-0.39, 0.29) is 0 Å². The molecule has 2 saturated carbocycles. The van der Waals surface area contributed by atoms with Crippen LogP contribution in [0.2, 0.25) is 0 Å². The van der Waals surface area contributed by atoms with Gasteiger partial charge in [0.05, 0.1) is 0 Å². The molecule has 0 aromatic carbocycles. The van der Waals surface area contributed by atoms with E-state index in [1.165, 1.54) is 45.1 Å². The molecule has 1 heteroatoms. The molecule has 0 aromatic rings. The minimum absolute atomic E-state index is 0.681. The van der Waals surface area contributed by atoms with Crippen molar-refractivity contribution in [3.05, 3.63) is 0 Å². The first-order chi connectivity index (χ1) is 6.26. The molecule has 0 heterocycles. The average Bonchev–Trinajstić information content (AvgIpc) is 2.74. The van der Waals surface area contributed by atoms with Gasteiger partial charge < -0.3 is 5.32 Å². The predicted octanol–water partition coefficient (Wildman–Crippen LogP) is 2.95. The Morgan fingerprint density at radius 2 is 2.08 bits per heavy atom. The van der Waals surface area contributed by atoms with Crippen LogP contribution in [0.5, 0.6) is 0 Å². The lowest BCUT2D eigenvalue weighted by atomic mass is 9.74. The van der Waals surface area contributed by atoms with Crippen LogP contribution in [0.4, 0.5) is 0 Å². The van der Waals surface area contributed by atoms with Crippen molar-refractivity contribution >= 4 is 0 Å². The first-order valence-electron chi connectivity index (χ1n) is 5.99. The molecule has 1 unspecified atom stereocenters. The quantitative estimate of drug-likeness (QED) is 0.687. The predicted molar refractivity (Wildman–Crippen MR) is 56.8 cm³/mol. The molecule has 76 valence electrons. The maximum Gasteiger partial charge on any atom is 0.0149 e. The molecule has 0 saturated heterocycles. The van der Waals surface area contributed by atoms with E-state index in [2.05, 4.69) is 19.2 Å². The summed E-state index contributed by atoms with van der Waals surface area (Å²) < 4.78 is 0. The van der Waals surface area contributed by atoms with Gasteiger partial charge in [-0.05, 0) is 50.0 Å². The van der Waals surface area contributed by atoms with Gasteiger partial charge in [-0.25, -0.2) is 0 Å². The molecule has 1 N–H and O–H groups in total. The molecular formula is C12H23N. The molecule has 0 radical (unpaired) electrons. The summed E-state index contributed by atoms with van der Waals surface area (Å²) in [5, 5.41) is 3.77. The Morgan fingerprint density at radius 1 is 1.38 bits per heavy atom. The zero-order chi connectivity index (χ0) is 9.31. The average molecular weight is 181 g/mol. The van der Waals surface area contributed by atoms with E-state index in [0.717, 1.165) is 12.0 Å². The van der Waals surface area contributed by atoms with Crippen LogP contribution < -0.4 is 5.32 Å². The van der Waals surface area contributed by atoms with Crippen LogP contribution in [-0.2, 0) is 0 Å². The molecule has 0 amide bonds. The van der Waals surface area contributed by atoms with Gasteiger partial charge in [-0.2, -0.15) is 0 Å². The van der Waals surface area contributed by atoms with Crippen LogP contribution in [0.25, 0.3) is 0 Å². The summed E-state index contributed by atoms with van der Waals surface area (Å²) in [5.41, 5.74) is 0.681. The summed E-state index contributed by atoms with van der Waals surface area (Å²) in [4.78, 5) is 0. The second-order valence-corrected chi connectivity index (χ2v) is 5.28. The van der Waals surface area contributed by atoms with Crippen molar-refractivity contribution in [1.29, 1.82) is 0 Å². The maximum absolute atomic E-state index is 3.77. The Morgan fingerprint density at radius 3 is 2.46 bits per heavy atom. The van der Waals surface area contributed by atoms with E-state index >= 15 is 0 Å². The van der Waals surface area contributed by atoms with Crippen molar-refractivity contribution in [2.45, 2.75) is 58.4 Å². The summed E-state index contributed by atoms with van der Waals surface area (Å²) in [6.45, 7) is 5.95. The summed E-state index contributed by atoms with van der Waals surface area (Å²) >= 11 is 0. The van der Waals surface area contributed by atoms with Crippen LogP contribution in [0, 0.1) is 11.3 Å². The van der Waals surface area contributed by atoms with Gasteiger partial charge in [0.2, 0.25) is 0 Å². The van der Waals surface area contributed by atoms with Crippen molar-refractivity contribution in [3.8, 4) is 0 Å². The summed E-state index contributed by atoms with van der Waals surface area (Å²) in [6.07, 6.45) is 8.65. The fourth-order valence-corrected chi connectivity index (χ4v) is 2.56. The Labute approximate surface area is 82.3 Å². The van der Waals surface area contributed by atoms with Gasteiger partial charge >= 0.3 is 0 Å². The first-order valence-corrected chi connectivity index (χ1v) is 5.99. The number of nitrogens with one attached hydrogen (secondary N) is 1. The highest BCUT2D eigenvalue weighted by Crippen LogP contribution is 2.53. The summed E-state index contributed by atoms with van der Waals surface area (Å²) in [7, 11) is 0. The third kappa shape index (κ3) is 1.90. The van der Waals surface area contributed by atoms with Crippen molar-refractivity contribution in [2.75, 3.05) is 6.54 Å². The van der Waals surface area contributed by atoms with Crippen molar-refractivity contribution in [3.63, 3.8) is 0 Å². The van der Waals surface area contributed by atoms with E-state index in [9.17, 15) is 0 Å². The van der Waals surface area contributed by atoms with Crippen molar-refractivity contribution < 1.29 is 0 Å². The van der Waals surface area contributed by atoms with E-state index in [1.54, 1.807) is 0 Å². The lowest BCUT2D eigenvalue weighted by molar-refractivity contribution is 0.169. The van der Waals surface area contributed by atoms with Crippen LogP contribution in [0.3, 0.4) is 0 Å². The van der Waals surface area contributed by atoms with Gasteiger partial charge in [0, 0.05) is 6.04 Å². The third-order valence-electron chi connectivity index (χ3n) is 4.02. The first kappa shape index (κ1) is 9.51. The molecule has 2 aliphatic rings. The second-order valence-electron chi connectivity index (χ2n) is 5.28. The molecule has 2 aliphatic carbocycles. The summed E-state index contributed by atoms with van der Waals surface area (Å²) in [6, 6.07) is 0.848. The zero-order valence-corrected chi connectivity index (χ0v) is 9.10. The van der Waals surface area contributed by atoms with Crippen molar-refractivity contribution in [1.82, 2.24) is 5.32 Å². The minimum atomic E-state index is 0.681. The Hall–Kier alpha value is -0.0400. The van der Waals surface area contributed by atoms with Gasteiger partial charge in [0.25, 0.3) is 0 Å². The highest BCUT2D eigenvalue weighted by Gasteiger charge is 2.48. The molecule has 13 heavy (non-hydrogen) atoms. The molecule has 0 bridgehead atoms. The molecular weight excluding hydrogens is 158 g/mol. The molecule has 0 spiro atoms. The molecule has 0 aliphatic heterocycles. The van der Waals surface area contributed by atoms with Gasteiger partial charge in [0.15, 0.2) is 0 Å². The number of rotatable bonds is 5. The fraction of sp³-hybridized carbons (Fsp3) is 1.00. The van der Waals surface area contributed by atoms with Gasteiger partial charge in [0.1, 0.15) is 0 Å². The zero-order valence-electron chi connectivity index (χ0n) is 9.10. The standard InChI is InChI=1S/C12H23N/c1-3-9-13-11(10-5-4-6-10)12(2)7-8-12/h10-11,13H,3-9H2,1-2H3. The van der Waals surface area contributed by atoms with Gasteiger partial charge in [-0.1, -0.05) is 20.3 Å². The smallest absolute Gasteiger partial charge is 0.0149 e. The van der Waals surface area contributed by atoms with E-state index in [0.29, 0.717) is 5.41 Å². The second kappa shape index (κ2) is 3.61. The maximum atomic E-state index is 3.77. The molecule has 1 atom stereocenters.